The van der Waals surface area contributed by atoms with Gasteiger partial charge in [-0.25, -0.2) is 0 Å². The summed E-state index contributed by atoms with van der Waals surface area (Å²) in [6, 6.07) is 7.75. The van der Waals surface area contributed by atoms with Crippen LogP contribution in [0, 0.1) is 0 Å². The Morgan fingerprint density at radius 1 is 0.887 bits per heavy atom. The van der Waals surface area contributed by atoms with E-state index >= 15 is 0 Å². The molecule has 3 aromatic rings. The number of phenols is 2. The molecule has 2 saturated heterocycles. The van der Waals surface area contributed by atoms with Crippen LogP contribution in [0.25, 0.3) is 22.3 Å². The lowest BCUT2D eigenvalue weighted by molar-refractivity contribution is -0.349. The number of hydrogen-bond donors (Lipinski definition) is 9. The summed E-state index contributed by atoms with van der Waals surface area (Å²) < 4.78 is 39.3. The molecule has 0 radical (unpaired) electrons. The molecule has 2 fully saturated rings. The van der Waals surface area contributed by atoms with Crippen molar-refractivity contribution in [3.63, 3.8) is 0 Å². The van der Waals surface area contributed by atoms with Gasteiger partial charge in [-0.05, 0) is 38.1 Å². The summed E-state index contributed by atoms with van der Waals surface area (Å²) in [6.45, 7) is 1.63. The van der Waals surface area contributed by atoms with E-state index in [9.17, 15) is 55.2 Å². The van der Waals surface area contributed by atoms with Crippen molar-refractivity contribution >= 4 is 22.9 Å². The monoisotopic (exact) mass is 752 g/mol. The normalized spacial score (nSPS) is 30.0. The Hall–Kier alpha value is -4.57. The second-order valence-corrected chi connectivity index (χ2v) is 13.0. The fraction of sp³-hybridized carbons (Fsp3) is 0.500. The number of carbonyl (C=O) groups is 2. The van der Waals surface area contributed by atoms with Gasteiger partial charge in [-0.15, -0.1) is 0 Å². The summed E-state index contributed by atoms with van der Waals surface area (Å²) in [7, 11) is 1.32. The molecular weight excluding hydrogens is 712 g/mol. The first kappa shape index (κ1) is 39.6. The van der Waals surface area contributed by atoms with E-state index in [1.54, 1.807) is 0 Å². The number of benzene rings is 2. The minimum Gasteiger partial charge on any atom is -0.508 e. The van der Waals surface area contributed by atoms with Crippen LogP contribution in [-0.4, -0.2) is 139 Å². The van der Waals surface area contributed by atoms with Gasteiger partial charge in [0.2, 0.25) is 17.5 Å². The fourth-order valence-electron chi connectivity index (χ4n) is 5.91. The summed E-state index contributed by atoms with van der Waals surface area (Å²) in [4.78, 5) is 37.8. The lowest BCUT2D eigenvalue weighted by Crippen LogP contribution is -2.64. The van der Waals surface area contributed by atoms with E-state index in [-0.39, 0.29) is 33.8 Å². The quantitative estimate of drug-likeness (QED) is 0.101. The maximum atomic E-state index is 13.9. The highest BCUT2D eigenvalue weighted by Crippen LogP contribution is 2.38. The topological polar surface area (TPSA) is 302 Å². The molecule has 0 saturated carbocycles. The third-order valence-electron chi connectivity index (χ3n) is 8.71. The Morgan fingerprint density at radius 2 is 1.55 bits per heavy atom. The number of phenolic OH excluding ortho intramolecular Hbond substituents is 2. The van der Waals surface area contributed by atoms with Gasteiger partial charge in [0.15, 0.2) is 12.1 Å². The second-order valence-electron chi connectivity index (χ2n) is 13.0. The minimum absolute atomic E-state index is 0.133. The van der Waals surface area contributed by atoms with Gasteiger partial charge in [-0.2, -0.15) is 0 Å². The zero-order chi connectivity index (χ0) is 38.9. The van der Waals surface area contributed by atoms with Gasteiger partial charge in [-0.1, -0.05) is 0 Å². The Morgan fingerprint density at radius 3 is 2.19 bits per heavy atom. The number of aliphatic carboxylic acids is 1. The highest BCUT2D eigenvalue weighted by molar-refractivity contribution is 5.88. The van der Waals surface area contributed by atoms with E-state index in [0.717, 1.165) is 13.0 Å². The smallest absolute Gasteiger partial charge is 0.308 e. The molecule has 0 aliphatic carbocycles. The maximum absolute atomic E-state index is 13.9. The molecule has 5 rings (SSSR count). The molecule has 0 spiro atoms. The molecule has 2 aromatic carbocycles. The number of aliphatic hydroxyl groups is 6. The molecule has 3 heterocycles. The number of ether oxygens (including phenoxy) is 6. The molecule has 19 heteroatoms. The van der Waals surface area contributed by atoms with Crippen LogP contribution in [0.3, 0.4) is 0 Å². The van der Waals surface area contributed by atoms with Gasteiger partial charge in [0.05, 0.1) is 31.7 Å². The van der Waals surface area contributed by atoms with Crippen molar-refractivity contribution in [3.05, 3.63) is 46.6 Å². The zero-order valence-electron chi connectivity index (χ0n) is 28.5. The van der Waals surface area contributed by atoms with Crippen molar-refractivity contribution in [2.45, 2.75) is 93.7 Å². The number of carboxylic acids is 1. The van der Waals surface area contributed by atoms with E-state index < -0.39 is 115 Å². The molecule has 9 N–H and O–H groups in total. The van der Waals surface area contributed by atoms with Crippen LogP contribution in [0.4, 0.5) is 0 Å². The molecule has 11 atom stereocenters. The van der Waals surface area contributed by atoms with Crippen LogP contribution in [0.2, 0.25) is 0 Å². The van der Waals surface area contributed by atoms with Gasteiger partial charge in [0.25, 0.3) is 0 Å². The number of fused-ring (bicyclic) bond motifs is 1. The molecule has 19 nitrogen and oxygen atoms in total. The minimum atomic E-state index is -2.08. The van der Waals surface area contributed by atoms with Crippen LogP contribution in [0.15, 0.2) is 45.6 Å². The standard InChI is InChI=1S/C34H40O19/c1-13-23(40)25(42)27(44)32(49-13)52-30-19(12-48-21(39)11-34(2,46)10-20(37)38)51-33(28(45)26(30)43)53-31-24(41)22-17(36)8-16(47-3)9-18(22)50-29(31)14-4-6-15(35)7-5-14/h4-9,13,19,23,25-28,30,32-33,35-36,40,42-46H,10-12H2,1-3H3,(H,37,38)/t13-,19+,23+,25+,26+,27+,28+,30+,32+,33-,34+/m1/s1. The third-order valence-corrected chi connectivity index (χ3v) is 8.71. The van der Waals surface area contributed by atoms with E-state index in [2.05, 4.69) is 0 Å². The first-order valence-electron chi connectivity index (χ1n) is 16.2. The first-order valence-corrected chi connectivity index (χ1v) is 16.2. The Bertz CT molecular complexity index is 1840. The SMILES string of the molecule is COc1cc(O)c2c(=O)c(O[C@H]3O[C@@H](COC(=O)C[C@@](C)(O)CC(=O)O)[C@H](O[C@@H]4O[C@H](C)[C@H](O)[C@H](O)[C@@H]4O)[C@@H](O)[C@@H]3O)c(-c3ccc(O)cc3)oc2c1. The number of carboxylic acid groups (broad SMARTS) is 1. The Balaban J connectivity index is 1.50. The van der Waals surface area contributed by atoms with Crippen molar-refractivity contribution in [1.82, 2.24) is 0 Å². The molecule has 53 heavy (non-hydrogen) atoms. The number of aliphatic hydroxyl groups excluding tert-OH is 5. The summed E-state index contributed by atoms with van der Waals surface area (Å²) in [5.74, 6) is -4.00. The lowest BCUT2D eigenvalue weighted by atomic mass is 9.97. The van der Waals surface area contributed by atoms with Crippen molar-refractivity contribution in [2.24, 2.45) is 0 Å². The van der Waals surface area contributed by atoms with Crippen LogP contribution >= 0.6 is 0 Å². The molecule has 0 amide bonds. The number of aromatic hydroxyl groups is 2. The molecular formula is C34H40O19. The molecule has 0 unspecified atom stereocenters. The summed E-state index contributed by atoms with van der Waals surface area (Å²) >= 11 is 0. The summed E-state index contributed by atoms with van der Waals surface area (Å²) in [5, 5.41) is 93.2. The van der Waals surface area contributed by atoms with Crippen molar-refractivity contribution in [1.29, 1.82) is 0 Å². The van der Waals surface area contributed by atoms with Crippen LogP contribution in [-0.2, 0) is 28.5 Å². The summed E-state index contributed by atoms with van der Waals surface area (Å²) in [6.07, 6.45) is -19.1. The average molecular weight is 753 g/mol. The van der Waals surface area contributed by atoms with E-state index in [1.165, 1.54) is 44.4 Å². The summed E-state index contributed by atoms with van der Waals surface area (Å²) in [5.41, 5.74) is -2.96. The average Bonchev–Trinajstić information content (AvgIpc) is 3.08. The molecule has 2 aliphatic rings. The Labute approximate surface area is 299 Å². The lowest BCUT2D eigenvalue weighted by Gasteiger charge is -2.45. The second kappa shape index (κ2) is 15.8. The molecule has 290 valence electrons. The van der Waals surface area contributed by atoms with Crippen molar-refractivity contribution < 1.29 is 88.4 Å². The first-order chi connectivity index (χ1) is 24.9. The highest BCUT2D eigenvalue weighted by Gasteiger charge is 2.51. The largest absolute Gasteiger partial charge is 0.508 e. The zero-order valence-corrected chi connectivity index (χ0v) is 28.5. The predicted octanol–water partition coefficient (Wildman–Crippen LogP) is -0.923. The van der Waals surface area contributed by atoms with Gasteiger partial charge < -0.3 is 78.8 Å². The fourth-order valence-corrected chi connectivity index (χ4v) is 5.91. The van der Waals surface area contributed by atoms with Crippen molar-refractivity contribution in [2.75, 3.05) is 13.7 Å². The predicted molar refractivity (Wildman–Crippen MR) is 175 cm³/mol. The van der Waals surface area contributed by atoms with Crippen molar-refractivity contribution in [3.8, 4) is 34.3 Å². The number of hydrogen-bond acceptors (Lipinski definition) is 18. The highest BCUT2D eigenvalue weighted by atomic mass is 16.7. The molecule has 0 bridgehead atoms. The number of methoxy groups -OCH3 is 1. The van der Waals surface area contributed by atoms with Gasteiger partial charge in [-0.3, -0.25) is 14.4 Å². The number of rotatable bonds is 12. The maximum Gasteiger partial charge on any atom is 0.308 e. The van der Waals surface area contributed by atoms with Crippen LogP contribution in [0.1, 0.15) is 26.7 Å². The van der Waals surface area contributed by atoms with Crippen LogP contribution in [0.5, 0.6) is 23.0 Å². The van der Waals surface area contributed by atoms with E-state index in [1.807, 2.05) is 0 Å². The van der Waals surface area contributed by atoms with Gasteiger partial charge in [0.1, 0.15) is 77.6 Å². The van der Waals surface area contributed by atoms with Gasteiger partial charge in [0, 0.05) is 17.7 Å². The number of carbonyl (C=O) groups excluding carboxylic acids is 1. The van der Waals surface area contributed by atoms with E-state index in [4.69, 9.17) is 37.9 Å². The van der Waals surface area contributed by atoms with Gasteiger partial charge >= 0.3 is 11.9 Å². The molecule has 2 aliphatic heterocycles. The van der Waals surface area contributed by atoms with E-state index in [0.29, 0.717) is 0 Å². The van der Waals surface area contributed by atoms with Crippen LogP contribution < -0.4 is 14.9 Å². The molecule has 1 aromatic heterocycles. The number of esters is 1. The third kappa shape index (κ3) is 8.64. The Kier molecular flexibility index (Phi) is 11.8.